The van der Waals surface area contributed by atoms with Crippen LogP contribution in [0.4, 0.5) is 5.82 Å². The van der Waals surface area contributed by atoms with E-state index in [-0.39, 0.29) is 0 Å². The maximum absolute atomic E-state index is 5.71. The van der Waals surface area contributed by atoms with Crippen LogP contribution in [0, 0.1) is 6.92 Å². The summed E-state index contributed by atoms with van der Waals surface area (Å²) in [6.45, 7) is 3.76. The Kier molecular flexibility index (Phi) is 2.70. The molecule has 1 rings (SSSR count). The van der Waals surface area contributed by atoms with Crippen LogP contribution in [0.1, 0.15) is 5.69 Å². The molecule has 0 bridgehead atoms. The molecule has 1 aromatic rings. The normalized spacial score (nSPS) is 11.0. The van der Waals surface area contributed by atoms with Crippen LogP contribution in [-0.2, 0) is 6.54 Å². The standard InChI is InChI=1S/C8H16N4/c1-7-6-8(9)12(10-7)5-4-11(2)3/h6H,4-5,9H2,1-3H3. The van der Waals surface area contributed by atoms with E-state index in [9.17, 15) is 0 Å². The van der Waals surface area contributed by atoms with Gasteiger partial charge in [-0.05, 0) is 21.0 Å². The van der Waals surface area contributed by atoms with Crippen LogP contribution >= 0.6 is 0 Å². The zero-order valence-electron chi connectivity index (χ0n) is 7.91. The minimum Gasteiger partial charge on any atom is -0.384 e. The third-order valence-corrected chi connectivity index (χ3v) is 1.69. The Morgan fingerprint density at radius 1 is 1.58 bits per heavy atom. The topological polar surface area (TPSA) is 47.1 Å². The van der Waals surface area contributed by atoms with Crippen molar-refractivity contribution in [1.29, 1.82) is 0 Å². The van der Waals surface area contributed by atoms with Crippen LogP contribution in [0.3, 0.4) is 0 Å². The molecule has 4 nitrogen and oxygen atoms in total. The second kappa shape index (κ2) is 3.58. The van der Waals surface area contributed by atoms with Gasteiger partial charge in [0.15, 0.2) is 0 Å². The lowest BCUT2D eigenvalue weighted by Gasteiger charge is -2.09. The van der Waals surface area contributed by atoms with Gasteiger partial charge < -0.3 is 10.6 Å². The fourth-order valence-corrected chi connectivity index (χ4v) is 1.04. The van der Waals surface area contributed by atoms with Crippen LogP contribution in [0.5, 0.6) is 0 Å². The van der Waals surface area contributed by atoms with Gasteiger partial charge in [0, 0.05) is 12.6 Å². The van der Waals surface area contributed by atoms with Crippen molar-refractivity contribution in [2.24, 2.45) is 0 Å². The molecule has 12 heavy (non-hydrogen) atoms. The number of hydrogen-bond donors (Lipinski definition) is 1. The lowest BCUT2D eigenvalue weighted by molar-refractivity contribution is 0.374. The number of nitrogens with zero attached hydrogens (tertiary/aromatic N) is 3. The van der Waals surface area contributed by atoms with E-state index in [1.54, 1.807) is 0 Å². The Labute approximate surface area is 73.0 Å². The summed E-state index contributed by atoms with van der Waals surface area (Å²) in [5.74, 6) is 0.745. The summed E-state index contributed by atoms with van der Waals surface area (Å²) in [5, 5.41) is 4.25. The predicted octanol–water partition coefficient (Wildman–Crippen LogP) is 0.335. The fourth-order valence-electron chi connectivity index (χ4n) is 1.04. The van der Waals surface area contributed by atoms with Crippen LogP contribution in [0.25, 0.3) is 0 Å². The molecule has 0 radical (unpaired) electrons. The SMILES string of the molecule is Cc1cc(N)n(CCN(C)C)n1. The molecular formula is C8H16N4. The van der Waals surface area contributed by atoms with E-state index < -0.39 is 0 Å². The van der Waals surface area contributed by atoms with E-state index in [0.717, 1.165) is 24.6 Å². The molecule has 0 spiro atoms. The highest BCUT2D eigenvalue weighted by atomic mass is 15.3. The molecule has 68 valence electrons. The van der Waals surface area contributed by atoms with E-state index >= 15 is 0 Å². The van der Waals surface area contributed by atoms with Gasteiger partial charge in [0.1, 0.15) is 5.82 Å². The molecule has 0 fully saturated rings. The van der Waals surface area contributed by atoms with Crippen molar-refractivity contribution in [3.63, 3.8) is 0 Å². The van der Waals surface area contributed by atoms with Crippen molar-refractivity contribution in [1.82, 2.24) is 14.7 Å². The molecule has 0 amide bonds. The first kappa shape index (κ1) is 9.06. The number of hydrogen-bond acceptors (Lipinski definition) is 3. The van der Waals surface area contributed by atoms with Gasteiger partial charge in [0.05, 0.1) is 12.2 Å². The molecule has 0 aliphatic carbocycles. The lowest BCUT2D eigenvalue weighted by atomic mass is 10.5. The number of aromatic nitrogens is 2. The maximum atomic E-state index is 5.71. The van der Waals surface area contributed by atoms with E-state index in [0.29, 0.717) is 0 Å². The maximum Gasteiger partial charge on any atom is 0.121 e. The Morgan fingerprint density at radius 3 is 2.67 bits per heavy atom. The van der Waals surface area contributed by atoms with Crippen molar-refractivity contribution in [3.8, 4) is 0 Å². The minimum absolute atomic E-state index is 0.745. The van der Waals surface area contributed by atoms with Gasteiger partial charge >= 0.3 is 0 Å². The number of nitrogen functional groups attached to an aromatic ring is 1. The second-order valence-electron chi connectivity index (χ2n) is 3.24. The number of aryl methyl sites for hydroxylation is 1. The Balaban J connectivity index is 2.57. The van der Waals surface area contributed by atoms with Crippen molar-refractivity contribution in [2.45, 2.75) is 13.5 Å². The molecule has 0 unspecified atom stereocenters. The molecule has 4 heteroatoms. The summed E-state index contributed by atoms with van der Waals surface area (Å²) in [5.41, 5.74) is 6.69. The molecule has 1 heterocycles. The van der Waals surface area contributed by atoms with Gasteiger partial charge in [-0.1, -0.05) is 0 Å². The van der Waals surface area contributed by atoms with Crippen molar-refractivity contribution >= 4 is 5.82 Å². The molecule has 0 aliphatic rings. The van der Waals surface area contributed by atoms with Crippen molar-refractivity contribution in [3.05, 3.63) is 11.8 Å². The highest BCUT2D eigenvalue weighted by Crippen LogP contribution is 2.04. The summed E-state index contributed by atoms with van der Waals surface area (Å²) < 4.78 is 1.83. The van der Waals surface area contributed by atoms with Crippen molar-refractivity contribution in [2.75, 3.05) is 26.4 Å². The van der Waals surface area contributed by atoms with Gasteiger partial charge in [-0.3, -0.25) is 0 Å². The summed E-state index contributed by atoms with van der Waals surface area (Å²) in [6.07, 6.45) is 0. The van der Waals surface area contributed by atoms with E-state index in [1.165, 1.54) is 0 Å². The largest absolute Gasteiger partial charge is 0.384 e. The molecule has 0 atom stereocenters. The molecular weight excluding hydrogens is 152 g/mol. The molecule has 0 aliphatic heterocycles. The average molecular weight is 168 g/mol. The van der Waals surface area contributed by atoms with E-state index in [4.69, 9.17) is 5.73 Å². The van der Waals surface area contributed by atoms with Crippen LogP contribution < -0.4 is 5.73 Å². The number of anilines is 1. The van der Waals surface area contributed by atoms with Gasteiger partial charge in [0.25, 0.3) is 0 Å². The molecule has 2 N–H and O–H groups in total. The zero-order chi connectivity index (χ0) is 9.14. The number of nitrogens with two attached hydrogens (primary N) is 1. The van der Waals surface area contributed by atoms with Crippen molar-refractivity contribution < 1.29 is 0 Å². The van der Waals surface area contributed by atoms with Gasteiger partial charge in [-0.2, -0.15) is 5.10 Å². The van der Waals surface area contributed by atoms with Gasteiger partial charge in [-0.15, -0.1) is 0 Å². The van der Waals surface area contributed by atoms with Gasteiger partial charge in [-0.25, -0.2) is 4.68 Å². The first-order valence-electron chi connectivity index (χ1n) is 4.04. The number of likely N-dealkylation sites (N-methyl/N-ethyl adjacent to an activating group) is 1. The van der Waals surface area contributed by atoms with E-state index in [2.05, 4.69) is 10.00 Å². The average Bonchev–Trinajstić information content (AvgIpc) is 2.26. The zero-order valence-corrected chi connectivity index (χ0v) is 7.91. The first-order chi connectivity index (χ1) is 5.59. The Hall–Kier alpha value is -1.03. The van der Waals surface area contributed by atoms with Gasteiger partial charge in [0.2, 0.25) is 0 Å². The van der Waals surface area contributed by atoms with Crippen LogP contribution in [0.2, 0.25) is 0 Å². The summed E-state index contributed by atoms with van der Waals surface area (Å²) in [6, 6.07) is 1.88. The number of rotatable bonds is 3. The molecule has 0 aromatic carbocycles. The third kappa shape index (κ3) is 2.23. The lowest BCUT2D eigenvalue weighted by Crippen LogP contribution is -2.19. The summed E-state index contributed by atoms with van der Waals surface area (Å²) in [7, 11) is 4.07. The third-order valence-electron chi connectivity index (χ3n) is 1.69. The predicted molar refractivity (Wildman–Crippen MR) is 49.9 cm³/mol. The Bertz CT molecular complexity index is 252. The summed E-state index contributed by atoms with van der Waals surface area (Å²) in [4.78, 5) is 2.11. The fraction of sp³-hybridized carbons (Fsp3) is 0.625. The monoisotopic (exact) mass is 168 g/mol. The summed E-state index contributed by atoms with van der Waals surface area (Å²) >= 11 is 0. The molecule has 0 saturated heterocycles. The van der Waals surface area contributed by atoms with E-state index in [1.807, 2.05) is 31.8 Å². The first-order valence-corrected chi connectivity index (χ1v) is 4.04. The highest BCUT2D eigenvalue weighted by Gasteiger charge is 2.00. The smallest absolute Gasteiger partial charge is 0.121 e. The Morgan fingerprint density at radius 2 is 2.25 bits per heavy atom. The molecule has 1 aromatic heterocycles. The van der Waals surface area contributed by atoms with Crippen LogP contribution in [0.15, 0.2) is 6.07 Å². The molecule has 0 saturated carbocycles. The van der Waals surface area contributed by atoms with Crippen LogP contribution in [-0.4, -0.2) is 35.3 Å². The second-order valence-corrected chi connectivity index (χ2v) is 3.24. The quantitative estimate of drug-likeness (QED) is 0.707. The highest BCUT2D eigenvalue weighted by molar-refractivity contribution is 5.29. The minimum atomic E-state index is 0.745.